The second-order valence-electron chi connectivity index (χ2n) is 3.41. The Morgan fingerprint density at radius 2 is 2.20 bits per heavy atom. The Bertz CT molecular complexity index is 171. The maximum atomic E-state index is 8.46. The van der Waals surface area contributed by atoms with Gasteiger partial charge in [0.25, 0.3) is 0 Å². The van der Waals surface area contributed by atoms with Crippen LogP contribution in [0.2, 0.25) is 0 Å². The Balaban J connectivity index is 1.94. The summed E-state index contributed by atoms with van der Waals surface area (Å²) in [5.41, 5.74) is 0.524. The lowest BCUT2D eigenvalue weighted by molar-refractivity contribution is -0.0627. The molecule has 2 nitrogen and oxygen atoms in total. The summed E-state index contributed by atoms with van der Waals surface area (Å²) in [6, 6.07) is 2.22. The predicted molar refractivity (Wildman–Crippen MR) is 38.4 cm³/mol. The molecular formula is C8H12N2. The molecule has 0 N–H and O–H groups in total. The third-order valence-corrected chi connectivity index (χ3v) is 3.06. The standard InChI is InChI=1S/C8H12N2/c9-5-7-10-6-4-8(10)2-1-3-8/h1-4,6-7H2. The average Bonchev–Trinajstić information content (AvgIpc) is 1.77. The molecule has 10 heavy (non-hydrogen) atoms. The van der Waals surface area contributed by atoms with Gasteiger partial charge >= 0.3 is 0 Å². The fourth-order valence-corrected chi connectivity index (χ4v) is 2.07. The first-order valence-electron chi connectivity index (χ1n) is 3.99. The summed E-state index contributed by atoms with van der Waals surface area (Å²) in [7, 11) is 0. The summed E-state index contributed by atoms with van der Waals surface area (Å²) in [6.45, 7) is 1.81. The van der Waals surface area contributed by atoms with Crippen LogP contribution in [0.1, 0.15) is 25.7 Å². The molecule has 0 unspecified atom stereocenters. The van der Waals surface area contributed by atoms with Crippen LogP contribution in [-0.4, -0.2) is 23.5 Å². The lowest BCUT2D eigenvalue weighted by Gasteiger charge is -2.58. The molecule has 2 aliphatic rings. The quantitative estimate of drug-likeness (QED) is 0.505. The van der Waals surface area contributed by atoms with Crippen molar-refractivity contribution in [2.24, 2.45) is 0 Å². The molecular weight excluding hydrogens is 124 g/mol. The van der Waals surface area contributed by atoms with Gasteiger partial charge in [-0.05, 0) is 25.7 Å². The first kappa shape index (κ1) is 6.18. The molecule has 0 aromatic heterocycles. The van der Waals surface area contributed by atoms with Crippen molar-refractivity contribution in [1.82, 2.24) is 4.90 Å². The Labute approximate surface area is 61.4 Å². The van der Waals surface area contributed by atoms with Gasteiger partial charge < -0.3 is 0 Å². The molecule has 0 atom stereocenters. The van der Waals surface area contributed by atoms with E-state index in [4.69, 9.17) is 5.26 Å². The van der Waals surface area contributed by atoms with E-state index in [1.807, 2.05) is 0 Å². The van der Waals surface area contributed by atoms with Gasteiger partial charge in [0.05, 0.1) is 12.6 Å². The van der Waals surface area contributed by atoms with Crippen molar-refractivity contribution < 1.29 is 0 Å². The topological polar surface area (TPSA) is 27.0 Å². The fraction of sp³-hybridized carbons (Fsp3) is 0.875. The average molecular weight is 136 g/mol. The van der Waals surface area contributed by atoms with Gasteiger partial charge in [0, 0.05) is 12.1 Å². The molecule has 2 fully saturated rings. The highest BCUT2D eigenvalue weighted by Gasteiger charge is 2.48. The van der Waals surface area contributed by atoms with Gasteiger partial charge in [-0.25, -0.2) is 0 Å². The molecule has 0 bridgehead atoms. The molecule has 2 heteroatoms. The summed E-state index contributed by atoms with van der Waals surface area (Å²) in [6.07, 6.45) is 5.40. The van der Waals surface area contributed by atoms with E-state index in [2.05, 4.69) is 11.0 Å². The van der Waals surface area contributed by atoms with E-state index >= 15 is 0 Å². The molecule has 2 rings (SSSR count). The molecule has 1 spiro atoms. The lowest BCUT2D eigenvalue weighted by atomic mass is 9.68. The van der Waals surface area contributed by atoms with E-state index in [0.717, 1.165) is 6.54 Å². The summed E-state index contributed by atoms with van der Waals surface area (Å²) < 4.78 is 0. The first-order valence-corrected chi connectivity index (χ1v) is 3.99. The molecule has 0 aromatic rings. The van der Waals surface area contributed by atoms with Crippen LogP contribution in [-0.2, 0) is 0 Å². The molecule has 0 aromatic carbocycles. The smallest absolute Gasteiger partial charge is 0.0870 e. The second-order valence-corrected chi connectivity index (χ2v) is 3.41. The Kier molecular flexibility index (Phi) is 1.21. The minimum absolute atomic E-state index is 0.524. The lowest BCUT2D eigenvalue weighted by Crippen LogP contribution is -2.63. The number of likely N-dealkylation sites (tertiary alicyclic amines) is 1. The van der Waals surface area contributed by atoms with Crippen molar-refractivity contribution in [3.8, 4) is 6.07 Å². The highest BCUT2D eigenvalue weighted by Crippen LogP contribution is 2.46. The molecule has 0 radical (unpaired) electrons. The Morgan fingerprint density at radius 3 is 2.50 bits per heavy atom. The molecule has 1 heterocycles. The zero-order valence-electron chi connectivity index (χ0n) is 6.14. The van der Waals surface area contributed by atoms with Crippen molar-refractivity contribution in [2.45, 2.75) is 31.2 Å². The highest BCUT2D eigenvalue weighted by molar-refractivity contribution is 5.07. The van der Waals surface area contributed by atoms with Crippen LogP contribution in [0, 0.1) is 11.3 Å². The zero-order valence-corrected chi connectivity index (χ0v) is 6.14. The number of hydrogen-bond acceptors (Lipinski definition) is 2. The second kappa shape index (κ2) is 1.96. The van der Waals surface area contributed by atoms with Gasteiger partial charge in [-0.2, -0.15) is 5.26 Å². The molecule has 54 valence electrons. The summed E-state index contributed by atoms with van der Waals surface area (Å²) in [5, 5.41) is 8.46. The van der Waals surface area contributed by atoms with Gasteiger partial charge in [-0.15, -0.1) is 0 Å². The normalized spacial score (nSPS) is 28.7. The van der Waals surface area contributed by atoms with Crippen LogP contribution < -0.4 is 0 Å². The van der Waals surface area contributed by atoms with E-state index in [0.29, 0.717) is 12.1 Å². The van der Waals surface area contributed by atoms with Crippen molar-refractivity contribution in [3.05, 3.63) is 0 Å². The minimum Gasteiger partial charge on any atom is -0.285 e. The van der Waals surface area contributed by atoms with Crippen LogP contribution in [0.5, 0.6) is 0 Å². The number of rotatable bonds is 1. The monoisotopic (exact) mass is 136 g/mol. The predicted octanol–water partition coefficient (Wildman–Crippen LogP) is 1.14. The molecule has 1 saturated carbocycles. The summed E-state index contributed by atoms with van der Waals surface area (Å²) in [4.78, 5) is 2.33. The van der Waals surface area contributed by atoms with E-state index in [-0.39, 0.29) is 0 Å². The fourth-order valence-electron chi connectivity index (χ4n) is 2.07. The Morgan fingerprint density at radius 1 is 1.40 bits per heavy atom. The van der Waals surface area contributed by atoms with Gasteiger partial charge in [-0.3, -0.25) is 4.90 Å². The minimum atomic E-state index is 0.524. The van der Waals surface area contributed by atoms with Gasteiger partial charge in [0.15, 0.2) is 0 Å². The molecule has 1 aliphatic heterocycles. The van der Waals surface area contributed by atoms with E-state index in [9.17, 15) is 0 Å². The Hall–Kier alpha value is -0.550. The van der Waals surface area contributed by atoms with Crippen LogP contribution in [0.3, 0.4) is 0 Å². The number of nitriles is 1. The van der Waals surface area contributed by atoms with Crippen molar-refractivity contribution >= 4 is 0 Å². The maximum absolute atomic E-state index is 8.46. The molecule has 1 saturated heterocycles. The number of hydrogen-bond donors (Lipinski definition) is 0. The highest BCUT2D eigenvalue weighted by atomic mass is 15.3. The summed E-state index contributed by atoms with van der Waals surface area (Å²) >= 11 is 0. The summed E-state index contributed by atoms with van der Waals surface area (Å²) in [5.74, 6) is 0. The van der Waals surface area contributed by atoms with Gasteiger partial charge in [0.2, 0.25) is 0 Å². The third kappa shape index (κ3) is 0.615. The number of nitrogens with zero attached hydrogens (tertiary/aromatic N) is 2. The SMILES string of the molecule is N#CCN1CCC12CCC2. The van der Waals surface area contributed by atoms with Crippen molar-refractivity contribution in [2.75, 3.05) is 13.1 Å². The van der Waals surface area contributed by atoms with Crippen LogP contribution in [0.25, 0.3) is 0 Å². The van der Waals surface area contributed by atoms with E-state index in [1.54, 1.807) is 0 Å². The third-order valence-electron chi connectivity index (χ3n) is 3.06. The van der Waals surface area contributed by atoms with E-state index in [1.165, 1.54) is 25.7 Å². The molecule has 0 amide bonds. The largest absolute Gasteiger partial charge is 0.285 e. The molecule has 1 aliphatic carbocycles. The van der Waals surface area contributed by atoms with Crippen LogP contribution in [0.4, 0.5) is 0 Å². The maximum Gasteiger partial charge on any atom is 0.0870 e. The van der Waals surface area contributed by atoms with Crippen molar-refractivity contribution in [1.29, 1.82) is 5.26 Å². The van der Waals surface area contributed by atoms with Gasteiger partial charge in [-0.1, -0.05) is 0 Å². The van der Waals surface area contributed by atoms with Crippen molar-refractivity contribution in [3.63, 3.8) is 0 Å². The van der Waals surface area contributed by atoms with Gasteiger partial charge in [0.1, 0.15) is 0 Å². The first-order chi connectivity index (χ1) is 4.87. The van der Waals surface area contributed by atoms with Crippen LogP contribution >= 0.6 is 0 Å². The zero-order chi connectivity index (χ0) is 7.03. The van der Waals surface area contributed by atoms with E-state index < -0.39 is 0 Å². The van der Waals surface area contributed by atoms with Crippen LogP contribution in [0.15, 0.2) is 0 Å².